The van der Waals surface area contributed by atoms with Gasteiger partial charge in [0.25, 0.3) is 5.56 Å². The molecule has 26 heavy (non-hydrogen) atoms. The summed E-state index contributed by atoms with van der Waals surface area (Å²) in [5, 5.41) is 0. The molecule has 0 unspecified atom stereocenters. The van der Waals surface area contributed by atoms with E-state index >= 15 is 0 Å². The van der Waals surface area contributed by atoms with E-state index in [2.05, 4.69) is 4.98 Å². The number of aromatic nitrogens is 2. The molecular formula is C17H27N2O6P. The first kappa shape index (κ1) is 20.8. The number of H-pyrrole nitrogens is 1. The van der Waals surface area contributed by atoms with Crippen molar-refractivity contribution < 1.29 is 18.3 Å². The molecule has 0 aromatic carbocycles. The highest BCUT2D eigenvalue weighted by molar-refractivity contribution is 7.54. The molecule has 8 nitrogen and oxygen atoms in total. The maximum atomic E-state index is 13.2. The van der Waals surface area contributed by atoms with E-state index in [0.29, 0.717) is 5.56 Å². The minimum absolute atomic E-state index is 0.297. The number of hydrogen-bond acceptors (Lipinski definition) is 6. The maximum absolute atomic E-state index is 13.2. The average molecular weight is 386 g/mol. The Hall–Kier alpha value is -1.47. The van der Waals surface area contributed by atoms with Crippen molar-refractivity contribution in [2.45, 2.75) is 71.7 Å². The van der Waals surface area contributed by atoms with Gasteiger partial charge in [-0.15, -0.1) is 0 Å². The zero-order chi connectivity index (χ0) is 19.6. The Kier molecular flexibility index (Phi) is 6.45. The molecule has 9 heteroatoms. The second kappa shape index (κ2) is 8.05. The van der Waals surface area contributed by atoms with Gasteiger partial charge in [0.1, 0.15) is 0 Å². The van der Waals surface area contributed by atoms with Gasteiger partial charge in [-0.25, -0.2) is 4.79 Å². The second-order valence-corrected chi connectivity index (χ2v) is 8.94. The van der Waals surface area contributed by atoms with Crippen LogP contribution in [-0.4, -0.2) is 33.7 Å². The highest BCUT2D eigenvalue weighted by Gasteiger charge is 2.41. The Bertz CT molecular complexity index is 811. The van der Waals surface area contributed by atoms with Gasteiger partial charge in [-0.05, 0) is 47.6 Å². The van der Waals surface area contributed by atoms with Crippen molar-refractivity contribution in [1.29, 1.82) is 0 Å². The van der Waals surface area contributed by atoms with E-state index in [4.69, 9.17) is 13.8 Å². The van der Waals surface area contributed by atoms with Crippen LogP contribution in [0.3, 0.4) is 0 Å². The fourth-order valence-corrected chi connectivity index (χ4v) is 4.87. The molecule has 3 atom stereocenters. The zero-order valence-corrected chi connectivity index (χ0v) is 16.9. The molecule has 1 aliphatic heterocycles. The Balaban J connectivity index is 2.35. The molecule has 0 saturated carbocycles. The van der Waals surface area contributed by atoms with Gasteiger partial charge in [-0.3, -0.25) is 18.9 Å². The number of nitrogens with one attached hydrogen (secondary N) is 1. The zero-order valence-electron chi connectivity index (χ0n) is 16.0. The van der Waals surface area contributed by atoms with E-state index in [-0.39, 0.29) is 12.2 Å². The third kappa shape index (κ3) is 4.62. The quantitative estimate of drug-likeness (QED) is 0.596. The summed E-state index contributed by atoms with van der Waals surface area (Å²) in [6.45, 7) is 10.5. The molecule has 0 fully saturated rings. The van der Waals surface area contributed by atoms with Crippen LogP contribution in [0.4, 0.5) is 0 Å². The molecule has 0 amide bonds. The van der Waals surface area contributed by atoms with E-state index in [1.807, 2.05) is 0 Å². The second-order valence-electron chi connectivity index (χ2n) is 6.93. The Labute approximate surface area is 152 Å². The van der Waals surface area contributed by atoms with Crippen LogP contribution in [0.2, 0.25) is 0 Å². The lowest BCUT2D eigenvalue weighted by molar-refractivity contribution is 0.00370. The summed E-state index contributed by atoms with van der Waals surface area (Å²) < 4.78 is 31.6. The van der Waals surface area contributed by atoms with Crippen LogP contribution in [0, 0.1) is 6.92 Å². The third-order valence-corrected chi connectivity index (χ3v) is 6.15. The number of aryl methyl sites for hydroxylation is 1. The average Bonchev–Trinajstić information content (AvgIpc) is 2.49. The van der Waals surface area contributed by atoms with Crippen LogP contribution in [0.15, 0.2) is 27.9 Å². The van der Waals surface area contributed by atoms with Crippen LogP contribution >= 0.6 is 7.60 Å². The van der Waals surface area contributed by atoms with Crippen molar-refractivity contribution in [2.75, 3.05) is 0 Å². The van der Waals surface area contributed by atoms with Gasteiger partial charge in [0.05, 0.1) is 24.4 Å². The third-order valence-electron chi connectivity index (χ3n) is 3.80. The van der Waals surface area contributed by atoms with E-state index in [0.717, 1.165) is 0 Å². The van der Waals surface area contributed by atoms with Gasteiger partial charge in [0, 0.05) is 11.8 Å². The van der Waals surface area contributed by atoms with Gasteiger partial charge in [0.2, 0.25) is 0 Å². The van der Waals surface area contributed by atoms with Crippen LogP contribution in [0.1, 0.15) is 46.2 Å². The minimum atomic E-state index is -3.55. The Morgan fingerprint density at radius 1 is 1.15 bits per heavy atom. The van der Waals surface area contributed by atoms with Crippen molar-refractivity contribution in [2.24, 2.45) is 0 Å². The first-order valence-corrected chi connectivity index (χ1v) is 10.3. The van der Waals surface area contributed by atoms with Crippen molar-refractivity contribution in [3.63, 3.8) is 0 Å². The Morgan fingerprint density at radius 2 is 1.73 bits per heavy atom. The highest BCUT2D eigenvalue weighted by Crippen LogP contribution is 2.57. The fraction of sp³-hybridized carbons (Fsp3) is 0.647. The largest absolute Gasteiger partial charge is 0.363 e. The Morgan fingerprint density at radius 3 is 2.23 bits per heavy atom. The molecule has 0 bridgehead atoms. The molecule has 1 aromatic heterocycles. The molecule has 0 radical (unpaired) electrons. The van der Waals surface area contributed by atoms with Crippen LogP contribution in [0.25, 0.3) is 0 Å². The van der Waals surface area contributed by atoms with Crippen LogP contribution < -0.4 is 11.2 Å². The molecule has 146 valence electrons. The maximum Gasteiger partial charge on any atom is 0.363 e. The molecule has 1 aliphatic rings. The monoisotopic (exact) mass is 386 g/mol. The predicted octanol–water partition coefficient (Wildman–Crippen LogP) is 2.73. The topological polar surface area (TPSA) is 99.6 Å². The molecule has 0 saturated heterocycles. The lowest BCUT2D eigenvalue weighted by atomic mass is 10.1. The van der Waals surface area contributed by atoms with E-state index < -0.39 is 36.8 Å². The van der Waals surface area contributed by atoms with Crippen molar-refractivity contribution in [1.82, 2.24) is 9.55 Å². The summed E-state index contributed by atoms with van der Waals surface area (Å²) in [6, 6.07) is -0.444. The summed E-state index contributed by atoms with van der Waals surface area (Å²) in [5.74, 6) is -0.863. The molecule has 0 spiro atoms. The van der Waals surface area contributed by atoms with Crippen molar-refractivity contribution in [3.05, 3.63) is 44.8 Å². The van der Waals surface area contributed by atoms with E-state index in [1.165, 1.54) is 10.8 Å². The molecular weight excluding hydrogens is 359 g/mol. The number of rotatable bonds is 6. The molecule has 0 aliphatic carbocycles. The molecule has 1 N–H and O–H groups in total. The lowest BCUT2D eigenvalue weighted by Crippen LogP contribution is -2.40. The van der Waals surface area contributed by atoms with Crippen molar-refractivity contribution in [3.8, 4) is 0 Å². The number of nitrogens with zero attached hydrogens (tertiary/aromatic N) is 1. The van der Waals surface area contributed by atoms with Crippen LogP contribution in [0.5, 0.6) is 0 Å². The highest BCUT2D eigenvalue weighted by atomic mass is 31.2. The van der Waals surface area contributed by atoms with Crippen LogP contribution in [-0.2, 0) is 18.3 Å². The predicted molar refractivity (Wildman–Crippen MR) is 98.6 cm³/mol. The SMILES string of the molecule is Cc1cn([C@H]2C=C[C@@H](P(=O)(OC(C)C)OC(C)C)O[C@H]2C)c(=O)[nH]c1=O. The summed E-state index contributed by atoms with van der Waals surface area (Å²) in [5.41, 5.74) is -0.522. The lowest BCUT2D eigenvalue weighted by Gasteiger charge is -2.35. The molecule has 2 heterocycles. The number of aromatic amines is 1. The normalized spacial score (nSPS) is 23.8. The minimum Gasteiger partial charge on any atom is -0.356 e. The first-order chi connectivity index (χ1) is 12.0. The number of hydrogen-bond donors (Lipinski definition) is 1. The van der Waals surface area contributed by atoms with E-state index in [1.54, 1.807) is 53.7 Å². The summed E-state index contributed by atoms with van der Waals surface area (Å²) in [7, 11) is -3.55. The summed E-state index contributed by atoms with van der Waals surface area (Å²) in [6.07, 6.45) is 3.75. The molecule has 1 aromatic rings. The standard InChI is InChI=1S/C17H27N2O6P/c1-10(2)24-26(22,25-11(3)4)15-8-7-14(13(6)23-15)19-9-12(5)16(20)18-17(19)21/h7-11,13-15H,1-6H3,(H,18,20,21)/t13-,14-,15+/m0/s1. The van der Waals surface area contributed by atoms with Gasteiger partial charge >= 0.3 is 13.3 Å². The fourth-order valence-electron chi connectivity index (χ4n) is 2.75. The van der Waals surface area contributed by atoms with Gasteiger partial charge in [-0.2, -0.15) is 0 Å². The summed E-state index contributed by atoms with van der Waals surface area (Å²) >= 11 is 0. The summed E-state index contributed by atoms with van der Waals surface area (Å²) in [4.78, 5) is 26.0. The van der Waals surface area contributed by atoms with E-state index in [9.17, 15) is 14.2 Å². The smallest absolute Gasteiger partial charge is 0.356 e. The van der Waals surface area contributed by atoms with Crippen molar-refractivity contribution >= 4 is 7.60 Å². The van der Waals surface area contributed by atoms with Gasteiger partial charge in [-0.1, -0.05) is 6.08 Å². The van der Waals surface area contributed by atoms with Gasteiger partial charge < -0.3 is 13.8 Å². The molecule has 2 rings (SSSR count). The number of ether oxygens (including phenoxy) is 1. The van der Waals surface area contributed by atoms with Gasteiger partial charge in [0.15, 0.2) is 5.85 Å². The first-order valence-electron chi connectivity index (χ1n) is 8.66.